The second kappa shape index (κ2) is 4.97. The van der Waals surface area contributed by atoms with Gasteiger partial charge in [-0.3, -0.25) is 0 Å². The predicted molar refractivity (Wildman–Crippen MR) is 65.4 cm³/mol. The smallest absolute Gasteiger partial charge is 0.407 e. The number of ether oxygens (including phenoxy) is 1. The topological polar surface area (TPSA) is 58.6 Å². The van der Waals surface area contributed by atoms with E-state index in [2.05, 4.69) is 11.2 Å². The molecule has 2 unspecified atom stereocenters. The summed E-state index contributed by atoms with van der Waals surface area (Å²) >= 11 is 0. The van der Waals surface area contributed by atoms with Crippen molar-refractivity contribution in [2.45, 2.75) is 63.7 Å². The van der Waals surface area contributed by atoms with Gasteiger partial charge in [0.1, 0.15) is 6.10 Å². The van der Waals surface area contributed by atoms with Gasteiger partial charge in [0.2, 0.25) is 0 Å². The number of rotatable bonds is 1. The Morgan fingerprint density at radius 1 is 1.53 bits per heavy atom. The van der Waals surface area contributed by atoms with Gasteiger partial charge in [0, 0.05) is 5.54 Å². The maximum atomic E-state index is 11.6. The molecule has 0 bridgehead atoms. The highest BCUT2D eigenvalue weighted by Crippen LogP contribution is 2.30. The molecule has 2 N–H and O–H groups in total. The molecule has 17 heavy (non-hydrogen) atoms. The summed E-state index contributed by atoms with van der Waals surface area (Å²) in [6, 6.07) is 0. The average Bonchev–Trinajstić information content (AvgIpc) is 2.19. The Hall–Kier alpha value is -1.21. The summed E-state index contributed by atoms with van der Waals surface area (Å²) < 4.78 is 5.23. The molecule has 0 heterocycles. The fourth-order valence-corrected chi connectivity index (χ4v) is 1.91. The largest absolute Gasteiger partial charge is 0.442 e. The molecular formula is C13H21NO3. The zero-order valence-corrected chi connectivity index (χ0v) is 10.7. The van der Waals surface area contributed by atoms with Gasteiger partial charge in [-0.1, -0.05) is 5.92 Å². The summed E-state index contributed by atoms with van der Waals surface area (Å²) in [5.41, 5.74) is -1.67. The van der Waals surface area contributed by atoms with Crippen molar-refractivity contribution in [2.24, 2.45) is 0 Å². The number of alkyl carbamates (subject to hydrolysis) is 1. The maximum Gasteiger partial charge on any atom is 0.407 e. The molecular weight excluding hydrogens is 218 g/mol. The van der Waals surface area contributed by atoms with Crippen LogP contribution in [0.1, 0.15) is 46.5 Å². The zero-order chi connectivity index (χ0) is 13.1. The van der Waals surface area contributed by atoms with E-state index in [1.807, 2.05) is 20.8 Å². The highest BCUT2D eigenvalue weighted by Gasteiger charge is 2.40. The van der Waals surface area contributed by atoms with E-state index in [9.17, 15) is 9.90 Å². The minimum Gasteiger partial charge on any atom is -0.442 e. The van der Waals surface area contributed by atoms with E-state index in [1.165, 1.54) is 0 Å². The van der Waals surface area contributed by atoms with Gasteiger partial charge in [-0.2, -0.15) is 0 Å². The number of terminal acetylenes is 1. The predicted octanol–water partition coefficient (Wildman–Crippen LogP) is 1.82. The van der Waals surface area contributed by atoms with E-state index in [-0.39, 0.29) is 5.54 Å². The first-order valence-corrected chi connectivity index (χ1v) is 5.96. The van der Waals surface area contributed by atoms with Crippen LogP contribution in [0, 0.1) is 12.3 Å². The van der Waals surface area contributed by atoms with Crippen LogP contribution >= 0.6 is 0 Å². The minimum atomic E-state index is -1.31. The van der Waals surface area contributed by atoms with Crippen molar-refractivity contribution in [1.82, 2.24) is 5.32 Å². The molecule has 0 radical (unpaired) electrons. The first kappa shape index (κ1) is 13.9. The van der Waals surface area contributed by atoms with Crippen LogP contribution in [0.2, 0.25) is 0 Å². The van der Waals surface area contributed by atoms with Gasteiger partial charge in [0.25, 0.3) is 0 Å². The van der Waals surface area contributed by atoms with Crippen molar-refractivity contribution in [3.63, 3.8) is 0 Å². The Morgan fingerprint density at radius 2 is 2.18 bits per heavy atom. The highest BCUT2D eigenvalue weighted by atomic mass is 16.6. The van der Waals surface area contributed by atoms with Crippen LogP contribution in [0.4, 0.5) is 4.79 Å². The van der Waals surface area contributed by atoms with Crippen molar-refractivity contribution in [3.8, 4) is 12.3 Å². The Kier molecular flexibility index (Phi) is 4.05. The third-order valence-corrected chi connectivity index (χ3v) is 2.78. The average molecular weight is 239 g/mol. The quantitative estimate of drug-likeness (QED) is 0.686. The molecule has 1 aliphatic rings. The summed E-state index contributed by atoms with van der Waals surface area (Å²) in [5.74, 6) is 2.35. The van der Waals surface area contributed by atoms with E-state index >= 15 is 0 Å². The van der Waals surface area contributed by atoms with Gasteiger partial charge in [-0.25, -0.2) is 4.79 Å². The second-order valence-corrected chi connectivity index (χ2v) is 5.58. The molecule has 0 aromatic rings. The number of hydrogen-bond donors (Lipinski definition) is 2. The summed E-state index contributed by atoms with van der Waals surface area (Å²) in [7, 11) is 0. The Bertz CT molecular complexity index is 327. The fourth-order valence-electron chi connectivity index (χ4n) is 1.91. The van der Waals surface area contributed by atoms with Crippen LogP contribution in [0.3, 0.4) is 0 Å². The van der Waals surface area contributed by atoms with E-state index in [4.69, 9.17) is 11.2 Å². The van der Waals surface area contributed by atoms with Crippen LogP contribution in [0.25, 0.3) is 0 Å². The molecule has 4 nitrogen and oxygen atoms in total. The molecule has 1 amide bonds. The van der Waals surface area contributed by atoms with E-state index in [0.29, 0.717) is 12.8 Å². The van der Waals surface area contributed by atoms with Crippen LogP contribution < -0.4 is 5.32 Å². The van der Waals surface area contributed by atoms with Gasteiger partial charge < -0.3 is 15.2 Å². The lowest BCUT2D eigenvalue weighted by Gasteiger charge is -2.35. The fraction of sp³-hybridized carbons (Fsp3) is 0.769. The van der Waals surface area contributed by atoms with Gasteiger partial charge in [0.15, 0.2) is 5.60 Å². The van der Waals surface area contributed by atoms with E-state index in [1.54, 1.807) is 0 Å². The molecule has 1 saturated carbocycles. The second-order valence-electron chi connectivity index (χ2n) is 5.58. The first-order chi connectivity index (χ1) is 7.77. The molecule has 1 aliphatic carbocycles. The minimum absolute atomic E-state index is 0.361. The molecule has 0 aromatic heterocycles. The molecule has 2 atom stereocenters. The first-order valence-electron chi connectivity index (χ1n) is 5.96. The summed E-state index contributed by atoms with van der Waals surface area (Å²) in [6.45, 7) is 5.59. The molecule has 1 fully saturated rings. The van der Waals surface area contributed by atoms with Gasteiger partial charge in [-0.05, 0) is 46.5 Å². The summed E-state index contributed by atoms with van der Waals surface area (Å²) in [6.07, 6.45) is 7.05. The Balaban J connectivity index is 2.61. The van der Waals surface area contributed by atoms with Crippen molar-refractivity contribution >= 4 is 6.09 Å². The van der Waals surface area contributed by atoms with Gasteiger partial charge in [-0.15, -0.1) is 6.42 Å². The molecule has 0 saturated heterocycles. The molecule has 4 heteroatoms. The number of nitrogens with one attached hydrogen (secondary N) is 1. The lowest BCUT2D eigenvalue weighted by Crippen LogP contribution is -2.50. The van der Waals surface area contributed by atoms with E-state index < -0.39 is 17.8 Å². The van der Waals surface area contributed by atoms with Crippen LogP contribution in [0.15, 0.2) is 0 Å². The zero-order valence-electron chi connectivity index (χ0n) is 10.7. The third kappa shape index (κ3) is 3.94. The molecule has 1 rings (SSSR count). The van der Waals surface area contributed by atoms with Crippen LogP contribution in [0.5, 0.6) is 0 Å². The van der Waals surface area contributed by atoms with Gasteiger partial charge >= 0.3 is 6.09 Å². The van der Waals surface area contributed by atoms with Crippen molar-refractivity contribution < 1.29 is 14.6 Å². The van der Waals surface area contributed by atoms with Crippen LogP contribution in [-0.4, -0.2) is 28.4 Å². The van der Waals surface area contributed by atoms with Crippen molar-refractivity contribution in [2.75, 3.05) is 0 Å². The maximum absolute atomic E-state index is 11.6. The highest BCUT2D eigenvalue weighted by molar-refractivity contribution is 5.68. The number of carbonyl (C=O) groups is 1. The van der Waals surface area contributed by atoms with E-state index in [0.717, 1.165) is 12.8 Å². The summed E-state index contributed by atoms with van der Waals surface area (Å²) in [4.78, 5) is 11.6. The monoisotopic (exact) mass is 239 g/mol. The summed E-state index contributed by atoms with van der Waals surface area (Å²) in [5, 5.41) is 12.8. The lowest BCUT2D eigenvalue weighted by atomic mass is 9.83. The molecule has 0 spiro atoms. The molecule has 0 aliphatic heterocycles. The lowest BCUT2D eigenvalue weighted by molar-refractivity contribution is -0.0661. The Morgan fingerprint density at radius 3 is 2.71 bits per heavy atom. The normalized spacial score (nSPS) is 29.2. The number of hydrogen-bond acceptors (Lipinski definition) is 3. The molecule has 0 aromatic carbocycles. The number of aliphatic hydroxyl groups is 1. The molecule has 96 valence electrons. The number of carbonyl (C=O) groups excluding carboxylic acids is 1. The number of amides is 1. The third-order valence-electron chi connectivity index (χ3n) is 2.78. The van der Waals surface area contributed by atoms with Gasteiger partial charge in [0.05, 0.1) is 0 Å². The SMILES string of the molecule is C#CC1(O)CCCCC1OC(=O)NC(C)(C)C. The van der Waals surface area contributed by atoms with Crippen molar-refractivity contribution in [3.05, 3.63) is 0 Å². The standard InChI is InChI=1S/C13H21NO3/c1-5-13(16)9-7-6-8-10(13)17-11(15)14-12(2,3)4/h1,10,16H,6-9H2,2-4H3,(H,14,15). The Labute approximate surface area is 103 Å². The van der Waals surface area contributed by atoms with Crippen molar-refractivity contribution in [1.29, 1.82) is 0 Å². The van der Waals surface area contributed by atoms with Crippen LogP contribution in [-0.2, 0) is 4.74 Å².